The Balaban J connectivity index is 1.82. The Hall–Kier alpha value is -1.55. The zero-order valence-electron chi connectivity index (χ0n) is 13.1. The van der Waals surface area contributed by atoms with Crippen LogP contribution >= 0.6 is 0 Å². The molecule has 116 valence electrons. The molecule has 1 aliphatic heterocycles. The molecule has 0 aliphatic carbocycles. The summed E-state index contributed by atoms with van der Waals surface area (Å²) in [4.78, 5) is 14.2. The van der Waals surface area contributed by atoms with Gasteiger partial charge in [-0.2, -0.15) is 0 Å². The van der Waals surface area contributed by atoms with E-state index in [1.165, 1.54) is 17.5 Å². The van der Waals surface area contributed by atoms with E-state index in [1.807, 2.05) is 23.1 Å². The molecule has 1 atom stereocenters. The SMILES string of the molecule is Cc1ccc(OCCC(=O)N2CCCCC2CN)cc1C. The Bertz CT molecular complexity index is 488. The third kappa shape index (κ3) is 4.21. The zero-order valence-corrected chi connectivity index (χ0v) is 13.1. The fourth-order valence-electron chi connectivity index (χ4n) is 2.78. The van der Waals surface area contributed by atoms with Gasteiger partial charge in [0.15, 0.2) is 0 Å². The molecular formula is C17H26N2O2. The van der Waals surface area contributed by atoms with Crippen molar-refractivity contribution in [3.05, 3.63) is 29.3 Å². The number of aryl methyl sites for hydroxylation is 2. The van der Waals surface area contributed by atoms with Crippen LogP contribution in [0.4, 0.5) is 0 Å². The fourth-order valence-corrected chi connectivity index (χ4v) is 2.78. The summed E-state index contributed by atoms with van der Waals surface area (Å²) in [7, 11) is 0. The van der Waals surface area contributed by atoms with Gasteiger partial charge in [0.1, 0.15) is 5.75 Å². The van der Waals surface area contributed by atoms with Crippen LogP contribution in [-0.2, 0) is 4.79 Å². The van der Waals surface area contributed by atoms with Gasteiger partial charge < -0.3 is 15.4 Å². The number of piperidine rings is 1. The lowest BCUT2D eigenvalue weighted by Gasteiger charge is -2.35. The molecule has 0 radical (unpaired) electrons. The minimum atomic E-state index is 0.161. The number of carbonyl (C=O) groups is 1. The lowest BCUT2D eigenvalue weighted by Crippen LogP contribution is -2.47. The highest BCUT2D eigenvalue weighted by Gasteiger charge is 2.25. The minimum absolute atomic E-state index is 0.161. The van der Waals surface area contributed by atoms with Gasteiger partial charge in [-0.3, -0.25) is 4.79 Å². The molecule has 0 spiro atoms. The zero-order chi connectivity index (χ0) is 15.2. The Morgan fingerprint density at radius 1 is 1.33 bits per heavy atom. The summed E-state index contributed by atoms with van der Waals surface area (Å²) in [6.45, 7) is 5.96. The minimum Gasteiger partial charge on any atom is -0.493 e. The van der Waals surface area contributed by atoms with E-state index in [4.69, 9.17) is 10.5 Å². The molecule has 1 aliphatic rings. The third-order valence-electron chi connectivity index (χ3n) is 4.28. The molecule has 0 aromatic heterocycles. The predicted octanol–water partition coefficient (Wildman–Crippen LogP) is 2.41. The Labute approximate surface area is 127 Å². The van der Waals surface area contributed by atoms with Gasteiger partial charge in [-0.1, -0.05) is 6.07 Å². The van der Waals surface area contributed by atoms with Crippen LogP contribution in [-0.4, -0.2) is 36.5 Å². The Morgan fingerprint density at radius 2 is 2.14 bits per heavy atom. The number of ether oxygens (including phenoxy) is 1. The van der Waals surface area contributed by atoms with Crippen molar-refractivity contribution in [3.8, 4) is 5.75 Å². The molecule has 2 rings (SSSR count). The van der Waals surface area contributed by atoms with Crippen LogP contribution in [0.15, 0.2) is 18.2 Å². The van der Waals surface area contributed by atoms with Gasteiger partial charge >= 0.3 is 0 Å². The first-order valence-corrected chi connectivity index (χ1v) is 7.81. The van der Waals surface area contributed by atoms with Gasteiger partial charge in [-0.05, 0) is 56.4 Å². The quantitative estimate of drug-likeness (QED) is 0.906. The van der Waals surface area contributed by atoms with Gasteiger partial charge in [-0.25, -0.2) is 0 Å². The average molecular weight is 290 g/mol. The van der Waals surface area contributed by atoms with Crippen molar-refractivity contribution in [2.45, 2.75) is 45.6 Å². The molecule has 21 heavy (non-hydrogen) atoms. The first-order valence-electron chi connectivity index (χ1n) is 7.81. The summed E-state index contributed by atoms with van der Waals surface area (Å²) >= 11 is 0. The van der Waals surface area contributed by atoms with E-state index in [-0.39, 0.29) is 11.9 Å². The van der Waals surface area contributed by atoms with Crippen LogP contribution < -0.4 is 10.5 Å². The summed E-state index contributed by atoms with van der Waals surface area (Å²) < 4.78 is 5.69. The molecule has 1 aromatic rings. The molecule has 4 nitrogen and oxygen atoms in total. The smallest absolute Gasteiger partial charge is 0.226 e. The molecule has 1 fully saturated rings. The van der Waals surface area contributed by atoms with Crippen molar-refractivity contribution in [3.63, 3.8) is 0 Å². The van der Waals surface area contributed by atoms with Gasteiger partial charge in [0, 0.05) is 19.1 Å². The van der Waals surface area contributed by atoms with Crippen molar-refractivity contribution in [2.24, 2.45) is 5.73 Å². The molecule has 1 aromatic carbocycles. The maximum Gasteiger partial charge on any atom is 0.226 e. The highest BCUT2D eigenvalue weighted by molar-refractivity contribution is 5.76. The number of carbonyl (C=O) groups excluding carboxylic acids is 1. The van der Waals surface area contributed by atoms with Crippen LogP contribution in [0.5, 0.6) is 5.75 Å². The lowest BCUT2D eigenvalue weighted by atomic mass is 10.0. The monoisotopic (exact) mass is 290 g/mol. The van der Waals surface area contributed by atoms with Crippen molar-refractivity contribution in [1.29, 1.82) is 0 Å². The third-order valence-corrected chi connectivity index (χ3v) is 4.28. The highest BCUT2D eigenvalue weighted by Crippen LogP contribution is 2.19. The maximum atomic E-state index is 12.3. The van der Waals surface area contributed by atoms with Crippen molar-refractivity contribution < 1.29 is 9.53 Å². The van der Waals surface area contributed by atoms with E-state index in [0.717, 1.165) is 25.1 Å². The molecule has 2 N–H and O–H groups in total. The van der Waals surface area contributed by atoms with E-state index in [0.29, 0.717) is 19.6 Å². The Morgan fingerprint density at radius 3 is 2.86 bits per heavy atom. The second kappa shape index (κ2) is 7.46. The maximum absolute atomic E-state index is 12.3. The molecule has 1 amide bonds. The lowest BCUT2D eigenvalue weighted by molar-refractivity contribution is -0.135. The summed E-state index contributed by atoms with van der Waals surface area (Å²) in [6, 6.07) is 6.23. The number of rotatable bonds is 5. The van der Waals surface area contributed by atoms with E-state index in [9.17, 15) is 4.79 Å². The van der Waals surface area contributed by atoms with E-state index in [1.54, 1.807) is 0 Å². The van der Waals surface area contributed by atoms with Gasteiger partial charge in [-0.15, -0.1) is 0 Å². The first-order chi connectivity index (χ1) is 10.1. The summed E-state index contributed by atoms with van der Waals surface area (Å²) in [5.41, 5.74) is 8.21. The van der Waals surface area contributed by atoms with Crippen molar-refractivity contribution >= 4 is 5.91 Å². The average Bonchev–Trinajstić information content (AvgIpc) is 2.50. The van der Waals surface area contributed by atoms with Crippen LogP contribution in [0.2, 0.25) is 0 Å². The normalized spacial score (nSPS) is 18.6. The number of hydrogen-bond acceptors (Lipinski definition) is 3. The summed E-state index contributed by atoms with van der Waals surface area (Å²) in [5, 5.41) is 0. The number of nitrogens with zero attached hydrogens (tertiary/aromatic N) is 1. The molecule has 0 bridgehead atoms. The number of amides is 1. The number of hydrogen-bond donors (Lipinski definition) is 1. The highest BCUT2D eigenvalue weighted by atomic mass is 16.5. The van der Waals surface area contributed by atoms with Gasteiger partial charge in [0.05, 0.1) is 13.0 Å². The first kappa shape index (κ1) is 15.8. The largest absolute Gasteiger partial charge is 0.493 e. The number of nitrogens with two attached hydrogens (primary N) is 1. The molecule has 1 unspecified atom stereocenters. The van der Waals surface area contributed by atoms with Gasteiger partial charge in [0.25, 0.3) is 0 Å². The topological polar surface area (TPSA) is 55.6 Å². The van der Waals surface area contributed by atoms with E-state index in [2.05, 4.69) is 13.8 Å². The van der Waals surface area contributed by atoms with Crippen LogP contribution in [0.3, 0.4) is 0 Å². The second-order valence-electron chi connectivity index (χ2n) is 5.82. The van der Waals surface area contributed by atoms with Gasteiger partial charge in [0.2, 0.25) is 5.91 Å². The fraction of sp³-hybridized carbons (Fsp3) is 0.588. The molecule has 0 saturated carbocycles. The molecule has 1 heterocycles. The van der Waals surface area contributed by atoms with E-state index < -0.39 is 0 Å². The summed E-state index contributed by atoms with van der Waals surface area (Å²) in [6.07, 6.45) is 3.70. The Kier molecular flexibility index (Phi) is 5.62. The number of likely N-dealkylation sites (tertiary alicyclic amines) is 1. The predicted molar refractivity (Wildman–Crippen MR) is 84.4 cm³/mol. The van der Waals surface area contributed by atoms with Crippen LogP contribution in [0.25, 0.3) is 0 Å². The van der Waals surface area contributed by atoms with Crippen LogP contribution in [0.1, 0.15) is 36.8 Å². The standard InChI is InChI=1S/C17H26N2O2/c1-13-6-7-16(11-14(13)2)21-10-8-17(20)19-9-4-3-5-15(19)12-18/h6-7,11,15H,3-5,8-10,12,18H2,1-2H3. The van der Waals surface area contributed by atoms with Crippen molar-refractivity contribution in [2.75, 3.05) is 19.7 Å². The molecular weight excluding hydrogens is 264 g/mol. The van der Waals surface area contributed by atoms with E-state index >= 15 is 0 Å². The number of benzene rings is 1. The summed E-state index contributed by atoms with van der Waals surface area (Å²) in [5.74, 6) is 0.994. The van der Waals surface area contributed by atoms with Crippen molar-refractivity contribution in [1.82, 2.24) is 4.90 Å². The molecule has 1 saturated heterocycles. The van der Waals surface area contributed by atoms with Crippen LogP contribution in [0, 0.1) is 13.8 Å². The molecule has 4 heteroatoms. The second-order valence-corrected chi connectivity index (χ2v) is 5.82.